The third-order valence-electron chi connectivity index (χ3n) is 10.9. The number of rotatable bonds is 5. The molecule has 0 atom stereocenters. The molecule has 7 aromatic carbocycles. The fraction of sp³-hybridized carbons (Fsp3) is 0.0200. The predicted octanol–water partition coefficient (Wildman–Crippen LogP) is 13.0. The van der Waals surface area contributed by atoms with Crippen molar-refractivity contribution < 1.29 is 13.2 Å². The third-order valence-corrected chi connectivity index (χ3v) is 10.9. The molecule has 0 bridgehead atoms. The van der Waals surface area contributed by atoms with Crippen molar-refractivity contribution >= 4 is 43.6 Å². The summed E-state index contributed by atoms with van der Waals surface area (Å²) in [4.78, 5) is 4.54. The zero-order chi connectivity index (χ0) is 39.5. The topological polar surface area (TPSA) is 70.3 Å². The summed E-state index contributed by atoms with van der Waals surface area (Å²) < 4.78 is 48.1. The van der Waals surface area contributed by atoms with Crippen molar-refractivity contribution in [3.05, 3.63) is 187 Å². The average molecular weight is 756 g/mol. The Morgan fingerprint density at radius 3 is 1.52 bits per heavy atom. The molecule has 10 rings (SSSR count). The minimum atomic E-state index is -4.60. The van der Waals surface area contributed by atoms with Crippen LogP contribution in [-0.2, 0) is 6.18 Å². The number of alkyl halides is 3. The lowest BCUT2D eigenvalue weighted by molar-refractivity contribution is -0.137. The molecule has 274 valence electrons. The van der Waals surface area contributed by atoms with Crippen LogP contribution >= 0.6 is 0 Å². The summed E-state index contributed by atoms with van der Waals surface area (Å²) in [5.74, 6) is 0. The Morgan fingerprint density at radius 2 is 0.966 bits per heavy atom. The summed E-state index contributed by atoms with van der Waals surface area (Å²) in [6.07, 6.45) is -1.27. The molecule has 0 aliphatic carbocycles. The van der Waals surface area contributed by atoms with Crippen molar-refractivity contribution in [3.8, 4) is 56.9 Å². The van der Waals surface area contributed by atoms with Crippen LogP contribution in [0.1, 0.15) is 16.7 Å². The van der Waals surface area contributed by atoms with E-state index in [1.54, 1.807) is 36.7 Å². The van der Waals surface area contributed by atoms with Crippen molar-refractivity contribution in [1.29, 1.82) is 10.5 Å². The first-order valence-electron chi connectivity index (χ1n) is 18.5. The first-order valence-corrected chi connectivity index (χ1v) is 18.5. The van der Waals surface area contributed by atoms with E-state index in [9.17, 15) is 23.7 Å². The Hall–Kier alpha value is -7.94. The lowest BCUT2D eigenvalue weighted by Crippen LogP contribution is -2.08. The van der Waals surface area contributed by atoms with Crippen LogP contribution in [0, 0.1) is 22.7 Å². The molecule has 0 fully saturated rings. The summed E-state index contributed by atoms with van der Waals surface area (Å²) in [5.41, 5.74) is 9.54. The Morgan fingerprint density at radius 1 is 0.448 bits per heavy atom. The molecular weight excluding hydrogens is 728 g/mol. The van der Waals surface area contributed by atoms with Gasteiger partial charge in [-0.2, -0.15) is 23.7 Å². The molecule has 8 heteroatoms. The number of nitriles is 2. The van der Waals surface area contributed by atoms with Gasteiger partial charge in [0, 0.05) is 38.9 Å². The number of nitrogens with zero attached hydrogens (tertiary/aromatic N) is 5. The van der Waals surface area contributed by atoms with Crippen molar-refractivity contribution in [2.24, 2.45) is 0 Å². The number of para-hydroxylation sites is 2. The molecule has 5 nitrogen and oxygen atoms in total. The van der Waals surface area contributed by atoms with Gasteiger partial charge in [-0.05, 0) is 107 Å². The zero-order valence-electron chi connectivity index (χ0n) is 30.5. The highest BCUT2D eigenvalue weighted by Gasteiger charge is 2.32. The second-order valence-electron chi connectivity index (χ2n) is 14.2. The molecule has 0 aliphatic heterocycles. The highest BCUT2D eigenvalue weighted by molar-refractivity contribution is 6.12. The number of halogens is 3. The molecule has 0 saturated carbocycles. The molecule has 0 radical (unpaired) electrons. The number of pyridine rings is 1. The van der Waals surface area contributed by atoms with Gasteiger partial charge in [0.25, 0.3) is 0 Å². The number of hydrogen-bond donors (Lipinski definition) is 0. The van der Waals surface area contributed by atoms with Crippen molar-refractivity contribution in [3.63, 3.8) is 0 Å². The smallest absolute Gasteiger partial charge is 0.309 e. The van der Waals surface area contributed by atoms with Crippen LogP contribution in [0.4, 0.5) is 13.2 Å². The van der Waals surface area contributed by atoms with E-state index < -0.39 is 11.7 Å². The molecule has 0 unspecified atom stereocenters. The molecule has 58 heavy (non-hydrogen) atoms. The highest BCUT2D eigenvalue weighted by atomic mass is 19.4. The van der Waals surface area contributed by atoms with E-state index in [0.29, 0.717) is 33.6 Å². The normalized spacial score (nSPS) is 11.7. The van der Waals surface area contributed by atoms with E-state index in [2.05, 4.69) is 33.8 Å². The number of aromatic nitrogens is 3. The number of fused-ring (bicyclic) bond motifs is 6. The Balaban J connectivity index is 1.23. The highest BCUT2D eigenvalue weighted by Crippen LogP contribution is 2.44. The maximum Gasteiger partial charge on any atom is 0.416 e. The van der Waals surface area contributed by atoms with Gasteiger partial charge in [0.15, 0.2) is 0 Å². The number of hydrogen-bond acceptors (Lipinski definition) is 3. The fourth-order valence-corrected chi connectivity index (χ4v) is 8.28. The van der Waals surface area contributed by atoms with Crippen LogP contribution in [-0.4, -0.2) is 14.1 Å². The Bertz CT molecular complexity index is 3370. The first-order chi connectivity index (χ1) is 28.3. The van der Waals surface area contributed by atoms with Gasteiger partial charge in [0.05, 0.1) is 68.5 Å². The minimum Gasteiger partial charge on any atom is -0.309 e. The van der Waals surface area contributed by atoms with E-state index in [4.69, 9.17) is 0 Å². The lowest BCUT2D eigenvalue weighted by atomic mass is 9.99. The summed E-state index contributed by atoms with van der Waals surface area (Å²) in [5, 5.41) is 22.9. The maximum absolute atomic E-state index is 14.7. The summed E-state index contributed by atoms with van der Waals surface area (Å²) in [6, 6.07) is 53.1. The summed E-state index contributed by atoms with van der Waals surface area (Å²) >= 11 is 0. The standard InChI is InChI=1S/C50H28F3N5/c51-50(52,53)37-17-20-48(57-44-13-3-1-11-38(44)41-25-35(15-18-46(41)57)33-9-5-7-31(23-33)28-54)43(27-37)40-21-22-56-30-49(40)58-45-14-4-2-12-39(45)42-26-36(16-19-47(42)58)34-10-6-8-32(24-34)29-55/h1-27,30H. The molecule has 0 N–H and O–H groups in total. The molecular formula is C50H28F3N5. The van der Waals surface area contributed by atoms with E-state index in [0.717, 1.165) is 71.9 Å². The quantitative estimate of drug-likeness (QED) is 0.176. The predicted molar refractivity (Wildman–Crippen MR) is 224 cm³/mol. The Labute approximate surface area is 330 Å². The monoisotopic (exact) mass is 755 g/mol. The maximum atomic E-state index is 14.7. The van der Waals surface area contributed by atoms with Crippen molar-refractivity contribution in [1.82, 2.24) is 14.1 Å². The van der Waals surface area contributed by atoms with E-state index in [1.165, 1.54) is 6.07 Å². The summed E-state index contributed by atoms with van der Waals surface area (Å²) in [6.45, 7) is 0. The van der Waals surface area contributed by atoms with Gasteiger partial charge in [-0.3, -0.25) is 4.98 Å². The third kappa shape index (κ3) is 5.58. The molecule has 0 spiro atoms. The van der Waals surface area contributed by atoms with Crippen LogP contribution in [0.25, 0.3) is 88.4 Å². The molecule has 3 heterocycles. The van der Waals surface area contributed by atoms with E-state index in [-0.39, 0.29) is 0 Å². The van der Waals surface area contributed by atoms with Gasteiger partial charge in [-0.15, -0.1) is 0 Å². The number of benzene rings is 7. The largest absolute Gasteiger partial charge is 0.416 e. The van der Waals surface area contributed by atoms with Gasteiger partial charge in [-0.25, -0.2) is 0 Å². The molecule has 0 saturated heterocycles. The van der Waals surface area contributed by atoms with Gasteiger partial charge in [0.1, 0.15) is 0 Å². The molecule has 10 aromatic rings. The van der Waals surface area contributed by atoms with Crippen LogP contribution in [0.15, 0.2) is 170 Å². The molecule has 3 aromatic heterocycles. The van der Waals surface area contributed by atoms with Crippen molar-refractivity contribution in [2.75, 3.05) is 0 Å². The van der Waals surface area contributed by atoms with Gasteiger partial charge in [0.2, 0.25) is 0 Å². The van der Waals surface area contributed by atoms with E-state index in [1.807, 2.05) is 114 Å². The van der Waals surface area contributed by atoms with Crippen LogP contribution < -0.4 is 0 Å². The van der Waals surface area contributed by atoms with E-state index >= 15 is 0 Å². The Kier molecular flexibility index (Phi) is 7.96. The second-order valence-corrected chi connectivity index (χ2v) is 14.2. The molecule has 0 aliphatic rings. The summed E-state index contributed by atoms with van der Waals surface area (Å²) in [7, 11) is 0. The average Bonchev–Trinajstić information content (AvgIpc) is 3.78. The minimum absolute atomic E-state index is 0.386. The van der Waals surface area contributed by atoms with Gasteiger partial charge in [-0.1, -0.05) is 72.8 Å². The van der Waals surface area contributed by atoms with Crippen LogP contribution in [0.2, 0.25) is 0 Å². The molecule has 0 amide bonds. The fourth-order valence-electron chi connectivity index (χ4n) is 8.28. The van der Waals surface area contributed by atoms with Gasteiger partial charge < -0.3 is 9.13 Å². The van der Waals surface area contributed by atoms with Crippen molar-refractivity contribution in [2.45, 2.75) is 6.18 Å². The first kappa shape index (κ1) is 34.5. The zero-order valence-corrected chi connectivity index (χ0v) is 30.5. The van der Waals surface area contributed by atoms with Gasteiger partial charge >= 0.3 is 6.18 Å². The second kappa shape index (κ2) is 13.4. The SMILES string of the molecule is N#Cc1cccc(-c2ccc3c(c2)c2ccccc2n3-c2ccc(C(F)(F)F)cc2-c2ccncc2-n2c3ccccc3c3cc(-c4cccc(C#N)c4)ccc32)c1. The van der Waals surface area contributed by atoms with Crippen LogP contribution in [0.5, 0.6) is 0 Å². The van der Waals surface area contributed by atoms with Crippen LogP contribution in [0.3, 0.4) is 0 Å². The lowest BCUT2D eigenvalue weighted by Gasteiger charge is -2.20.